The standard InChI is InChI=1S/C13H26O/c1-4-5-6-7-8-9-13(14)11-10-12(2)3/h4,12-14H,1,5-11H2,2-3H3. The van der Waals surface area contributed by atoms with Crippen LogP contribution >= 0.6 is 0 Å². The van der Waals surface area contributed by atoms with Gasteiger partial charge in [0.1, 0.15) is 0 Å². The summed E-state index contributed by atoms with van der Waals surface area (Å²) in [6, 6.07) is 0. The van der Waals surface area contributed by atoms with Crippen LogP contribution < -0.4 is 0 Å². The van der Waals surface area contributed by atoms with Crippen molar-refractivity contribution >= 4 is 0 Å². The second-order valence-corrected chi connectivity index (χ2v) is 4.55. The Morgan fingerprint density at radius 1 is 1.07 bits per heavy atom. The molecule has 0 aliphatic rings. The van der Waals surface area contributed by atoms with Gasteiger partial charge in [0, 0.05) is 0 Å². The molecule has 1 unspecified atom stereocenters. The fraction of sp³-hybridized carbons (Fsp3) is 0.846. The smallest absolute Gasteiger partial charge is 0.0540 e. The van der Waals surface area contributed by atoms with Crippen LogP contribution in [-0.2, 0) is 0 Å². The monoisotopic (exact) mass is 198 g/mol. The molecule has 0 fully saturated rings. The highest BCUT2D eigenvalue weighted by Gasteiger charge is 2.04. The van der Waals surface area contributed by atoms with Gasteiger partial charge >= 0.3 is 0 Å². The summed E-state index contributed by atoms with van der Waals surface area (Å²) in [5, 5.41) is 9.63. The Kier molecular flexibility index (Phi) is 9.06. The van der Waals surface area contributed by atoms with Crippen LogP contribution in [0.5, 0.6) is 0 Å². The highest BCUT2D eigenvalue weighted by molar-refractivity contribution is 4.66. The molecule has 1 N–H and O–H groups in total. The fourth-order valence-corrected chi connectivity index (χ4v) is 1.52. The molecule has 0 heterocycles. The third-order valence-corrected chi connectivity index (χ3v) is 2.52. The zero-order chi connectivity index (χ0) is 10.8. The van der Waals surface area contributed by atoms with Gasteiger partial charge in [-0.05, 0) is 38.0 Å². The first kappa shape index (κ1) is 13.7. The first-order valence-electron chi connectivity index (χ1n) is 5.95. The number of hydrogen-bond acceptors (Lipinski definition) is 1. The summed E-state index contributed by atoms with van der Waals surface area (Å²) < 4.78 is 0. The quantitative estimate of drug-likeness (QED) is 0.440. The van der Waals surface area contributed by atoms with Gasteiger partial charge in [-0.25, -0.2) is 0 Å². The van der Waals surface area contributed by atoms with Crippen LogP contribution in [0.2, 0.25) is 0 Å². The summed E-state index contributed by atoms with van der Waals surface area (Å²) >= 11 is 0. The lowest BCUT2D eigenvalue weighted by molar-refractivity contribution is 0.143. The van der Waals surface area contributed by atoms with Crippen molar-refractivity contribution in [1.82, 2.24) is 0 Å². The van der Waals surface area contributed by atoms with Gasteiger partial charge < -0.3 is 5.11 Å². The van der Waals surface area contributed by atoms with Gasteiger partial charge in [0.25, 0.3) is 0 Å². The molecule has 84 valence electrons. The largest absolute Gasteiger partial charge is 0.393 e. The summed E-state index contributed by atoms with van der Waals surface area (Å²) in [4.78, 5) is 0. The molecule has 0 saturated heterocycles. The van der Waals surface area contributed by atoms with E-state index in [1.807, 2.05) is 6.08 Å². The molecule has 14 heavy (non-hydrogen) atoms. The van der Waals surface area contributed by atoms with Crippen LogP contribution in [-0.4, -0.2) is 11.2 Å². The van der Waals surface area contributed by atoms with Crippen LogP contribution in [0.4, 0.5) is 0 Å². The van der Waals surface area contributed by atoms with Crippen LogP contribution in [0.3, 0.4) is 0 Å². The number of aliphatic hydroxyl groups excluding tert-OH is 1. The predicted molar refractivity (Wildman–Crippen MR) is 63.4 cm³/mol. The first-order chi connectivity index (χ1) is 6.66. The zero-order valence-electron chi connectivity index (χ0n) is 9.84. The first-order valence-corrected chi connectivity index (χ1v) is 5.95. The third kappa shape index (κ3) is 9.79. The van der Waals surface area contributed by atoms with Gasteiger partial charge in [0.05, 0.1) is 6.10 Å². The summed E-state index contributed by atoms with van der Waals surface area (Å²) in [6.45, 7) is 8.10. The van der Waals surface area contributed by atoms with E-state index >= 15 is 0 Å². The van der Waals surface area contributed by atoms with Gasteiger partial charge in [-0.1, -0.05) is 32.8 Å². The van der Waals surface area contributed by atoms with E-state index in [-0.39, 0.29) is 6.10 Å². The molecular formula is C13H26O. The molecule has 0 aromatic carbocycles. The van der Waals surface area contributed by atoms with Crippen LogP contribution in [0.1, 0.15) is 58.8 Å². The van der Waals surface area contributed by atoms with Crippen molar-refractivity contribution in [2.75, 3.05) is 0 Å². The Balaban J connectivity index is 3.17. The highest BCUT2D eigenvalue weighted by atomic mass is 16.3. The second-order valence-electron chi connectivity index (χ2n) is 4.55. The van der Waals surface area contributed by atoms with Gasteiger partial charge in [-0.15, -0.1) is 6.58 Å². The fourth-order valence-electron chi connectivity index (χ4n) is 1.52. The summed E-state index contributed by atoms with van der Waals surface area (Å²) in [6.07, 6.45) is 9.72. The van der Waals surface area contributed by atoms with E-state index in [1.165, 1.54) is 12.8 Å². The molecule has 0 aliphatic heterocycles. The van der Waals surface area contributed by atoms with Crippen molar-refractivity contribution in [3.8, 4) is 0 Å². The molecule has 1 atom stereocenters. The second kappa shape index (κ2) is 9.26. The third-order valence-electron chi connectivity index (χ3n) is 2.52. The lowest BCUT2D eigenvalue weighted by Gasteiger charge is -2.11. The minimum Gasteiger partial charge on any atom is -0.393 e. The average Bonchev–Trinajstić information content (AvgIpc) is 2.14. The van der Waals surface area contributed by atoms with Gasteiger partial charge in [0.15, 0.2) is 0 Å². The number of allylic oxidation sites excluding steroid dienone is 1. The number of hydrogen-bond donors (Lipinski definition) is 1. The van der Waals surface area contributed by atoms with E-state index in [0.29, 0.717) is 5.92 Å². The van der Waals surface area contributed by atoms with E-state index in [0.717, 1.165) is 32.1 Å². The summed E-state index contributed by atoms with van der Waals surface area (Å²) in [5.41, 5.74) is 0. The van der Waals surface area contributed by atoms with Gasteiger partial charge in [-0.3, -0.25) is 0 Å². The molecule has 1 nitrogen and oxygen atoms in total. The number of aliphatic hydroxyl groups is 1. The van der Waals surface area contributed by atoms with Crippen molar-refractivity contribution in [2.24, 2.45) is 5.92 Å². The minimum absolute atomic E-state index is 0.0684. The van der Waals surface area contributed by atoms with Crippen molar-refractivity contribution in [3.05, 3.63) is 12.7 Å². The van der Waals surface area contributed by atoms with Crippen molar-refractivity contribution < 1.29 is 5.11 Å². The Morgan fingerprint density at radius 2 is 1.79 bits per heavy atom. The molecule has 0 rings (SSSR count). The highest BCUT2D eigenvalue weighted by Crippen LogP contribution is 2.12. The predicted octanol–water partition coefficient (Wildman–Crippen LogP) is 3.92. The maximum atomic E-state index is 9.63. The SMILES string of the molecule is C=CCCCCCC(O)CCC(C)C. The van der Waals surface area contributed by atoms with E-state index in [2.05, 4.69) is 20.4 Å². The number of unbranched alkanes of at least 4 members (excludes halogenated alkanes) is 3. The van der Waals surface area contributed by atoms with Gasteiger partial charge in [-0.2, -0.15) is 0 Å². The molecule has 0 saturated carbocycles. The summed E-state index contributed by atoms with van der Waals surface area (Å²) in [7, 11) is 0. The van der Waals surface area contributed by atoms with Crippen molar-refractivity contribution in [3.63, 3.8) is 0 Å². The molecule has 0 spiro atoms. The minimum atomic E-state index is -0.0684. The zero-order valence-corrected chi connectivity index (χ0v) is 9.84. The van der Waals surface area contributed by atoms with Crippen LogP contribution in [0.15, 0.2) is 12.7 Å². The van der Waals surface area contributed by atoms with Crippen LogP contribution in [0, 0.1) is 5.92 Å². The maximum Gasteiger partial charge on any atom is 0.0540 e. The molecular weight excluding hydrogens is 172 g/mol. The Labute approximate surface area is 89.2 Å². The molecule has 0 aromatic rings. The molecule has 0 aromatic heterocycles. The lowest BCUT2D eigenvalue weighted by atomic mass is 10.0. The number of rotatable bonds is 9. The molecule has 0 bridgehead atoms. The normalized spacial score (nSPS) is 13.1. The van der Waals surface area contributed by atoms with E-state index in [9.17, 15) is 5.11 Å². The maximum absolute atomic E-state index is 9.63. The van der Waals surface area contributed by atoms with Crippen molar-refractivity contribution in [2.45, 2.75) is 64.9 Å². The van der Waals surface area contributed by atoms with E-state index in [4.69, 9.17) is 0 Å². The van der Waals surface area contributed by atoms with Crippen molar-refractivity contribution in [1.29, 1.82) is 0 Å². The molecule has 0 aliphatic carbocycles. The topological polar surface area (TPSA) is 20.2 Å². The lowest BCUT2D eigenvalue weighted by Crippen LogP contribution is -2.07. The molecule has 0 amide bonds. The molecule has 0 radical (unpaired) electrons. The van der Waals surface area contributed by atoms with E-state index in [1.54, 1.807) is 0 Å². The molecule has 1 heteroatoms. The van der Waals surface area contributed by atoms with E-state index < -0.39 is 0 Å². The Morgan fingerprint density at radius 3 is 2.36 bits per heavy atom. The Hall–Kier alpha value is -0.300. The van der Waals surface area contributed by atoms with Gasteiger partial charge in [0.2, 0.25) is 0 Å². The summed E-state index contributed by atoms with van der Waals surface area (Å²) in [5.74, 6) is 0.713. The Bertz CT molecular complexity index is 129. The van der Waals surface area contributed by atoms with Crippen LogP contribution in [0.25, 0.3) is 0 Å². The average molecular weight is 198 g/mol.